The lowest BCUT2D eigenvalue weighted by atomic mass is 9.91. The average molecular weight is 262 g/mol. The van der Waals surface area contributed by atoms with Gasteiger partial charge < -0.3 is 15.7 Å². The highest BCUT2D eigenvalue weighted by Gasteiger charge is 2.41. The van der Waals surface area contributed by atoms with Crippen LogP contribution >= 0.6 is 0 Å². The molecule has 0 saturated carbocycles. The highest BCUT2D eigenvalue weighted by Crippen LogP contribution is 2.26. The Morgan fingerprint density at radius 3 is 2.58 bits per heavy atom. The molecule has 2 rings (SSSR count). The van der Waals surface area contributed by atoms with Crippen molar-refractivity contribution in [2.24, 2.45) is 5.73 Å². The maximum atomic E-state index is 12.5. The second kappa shape index (κ2) is 5.01. The Bertz CT molecular complexity index is 485. The van der Waals surface area contributed by atoms with Crippen molar-refractivity contribution in [1.29, 1.82) is 0 Å². The number of hydrogen-bond donors (Lipinski definition) is 2. The molecule has 1 fully saturated rings. The summed E-state index contributed by atoms with van der Waals surface area (Å²) in [6.45, 7) is 2.08. The molecule has 5 heteroatoms. The van der Waals surface area contributed by atoms with Crippen LogP contribution in [-0.4, -0.2) is 34.5 Å². The maximum absolute atomic E-state index is 12.5. The van der Waals surface area contributed by atoms with E-state index in [2.05, 4.69) is 0 Å². The second-order valence-corrected chi connectivity index (χ2v) is 5.06. The highest BCUT2D eigenvalue weighted by molar-refractivity contribution is 5.91. The van der Waals surface area contributed by atoms with E-state index in [1.807, 2.05) is 18.2 Å². The van der Waals surface area contributed by atoms with Crippen molar-refractivity contribution in [3.8, 4) is 0 Å². The number of carboxylic acid groups (broad SMARTS) is 1. The first-order chi connectivity index (χ1) is 8.94. The molecular weight excluding hydrogens is 244 g/mol. The predicted molar refractivity (Wildman–Crippen MR) is 70.4 cm³/mol. The van der Waals surface area contributed by atoms with Crippen LogP contribution in [0.5, 0.6) is 0 Å². The number of carboxylic acids is 1. The first-order valence-electron chi connectivity index (χ1n) is 6.33. The van der Waals surface area contributed by atoms with E-state index in [0.29, 0.717) is 24.9 Å². The van der Waals surface area contributed by atoms with Crippen molar-refractivity contribution in [2.45, 2.75) is 31.3 Å². The number of nitrogens with zero attached hydrogens (tertiary/aromatic N) is 1. The van der Waals surface area contributed by atoms with Crippen molar-refractivity contribution < 1.29 is 14.7 Å². The Kier molecular flexibility index (Phi) is 3.57. The third-order valence-electron chi connectivity index (χ3n) is 3.62. The molecular formula is C14H18N2O3. The van der Waals surface area contributed by atoms with Gasteiger partial charge in [-0.05, 0) is 25.3 Å². The minimum Gasteiger partial charge on any atom is -0.480 e. The Balaban J connectivity index is 2.26. The number of amides is 1. The Labute approximate surface area is 112 Å². The van der Waals surface area contributed by atoms with E-state index in [4.69, 9.17) is 10.8 Å². The molecule has 2 atom stereocenters. The molecule has 0 aromatic heterocycles. The number of nitrogens with two attached hydrogens (primary N) is 1. The molecule has 0 radical (unpaired) electrons. The topological polar surface area (TPSA) is 83.6 Å². The Morgan fingerprint density at radius 2 is 2.00 bits per heavy atom. The lowest BCUT2D eigenvalue weighted by molar-refractivity contribution is -0.150. The first-order valence-corrected chi connectivity index (χ1v) is 6.33. The van der Waals surface area contributed by atoms with Gasteiger partial charge in [0.1, 0.15) is 11.6 Å². The predicted octanol–water partition coefficient (Wildman–Crippen LogP) is 0.936. The summed E-state index contributed by atoms with van der Waals surface area (Å²) in [7, 11) is 0. The number of hydrogen-bond acceptors (Lipinski definition) is 3. The number of carbonyl (C=O) groups excluding carboxylic acids is 1. The summed E-state index contributed by atoms with van der Waals surface area (Å²) in [6, 6.07) is 8.28. The van der Waals surface area contributed by atoms with E-state index in [-0.39, 0.29) is 5.91 Å². The first kappa shape index (κ1) is 13.5. The molecule has 1 aromatic carbocycles. The van der Waals surface area contributed by atoms with Crippen molar-refractivity contribution in [3.63, 3.8) is 0 Å². The summed E-state index contributed by atoms with van der Waals surface area (Å²) >= 11 is 0. The molecule has 1 unspecified atom stereocenters. The molecule has 19 heavy (non-hydrogen) atoms. The van der Waals surface area contributed by atoms with Gasteiger partial charge >= 0.3 is 5.97 Å². The van der Waals surface area contributed by atoms with Gasteiger partial charge in [0.15, 0.2) is 0 Å². The number of carbonyl (C=O) groups is 2. The van der Waals surface area contributed by atoms with E-state index in [9.17, 15) is 9.59 Å². The molecule has 1 aliphatic heterocycles. The fourth-order valence-corrected chi connectivity index (χ4v) is 2.47. The molecule has 1 heterocycles. The van der Waals surface area contributed by atoms with Gasteiger partial charge in [0.25, 0.3) is 0 Å². The van der Waals surface area contributed by atoms with E-state index in [1.165, 1.54) is 4.90 Å². The van der Waals surface area contributed by atoms with Gasteiger partial charge in [0.05, 0.1) is 0 Å². The van der Waals surface area contributed by atoms with Crippen LogP contribution in [0.1, 0.15) is 25.3 Å². The molecule has 1 amide bonds. The lowest BCUT2D eigenvalue weighted by Gasteiger charge is -2.31. The SMILES string of the molecule is CC(N)(C(=O)N1CCC[C@@H]1C(=O)O)c1ccccc1. The van der Waals surface area contributed by atoms with Crippen molar-refractivity contribution >= 4 is 11.9 Å². The molecule has 3 N–H and O–H groups in total. The third-order valence-corrected chi connectivity index (χ3v) is 3.62. The smallest absolute Gasteiger partial charge is 0.326 e. The van der Waals surface area contributed by atoms with Crippen LogP contribution in [0.2, 0.25) is 0 Å². The maximum Gasteiger partial charge on any atom is 0.326 e. The standard InChI is InChI=1S/C14H18N2O3/c1-14(15,10-6-3-2-4-7-10)13(19)16-9-5-8-11(16)12(17)18/h2-4,6-7,11H,5,8-9,15H2,1H3,(H,17,18)/t11-,14?/m1/s1. The summed E-state index contributed by atoms with van der Waals surface area (Å²) in [6.07, 6.45) is 1.19. The summed E-state index contributed by atoms with van der Waals surface area (Å²) in [4.78, 5) is 25.0. The molecule has 0 bridgehead atoms. The largest absolute Gasteiger partial charge is 0.480 e. The lowest BCUT2D eigenvalue weighted by Crippen LogP contribution is -2.53. The zero-order valence-corrected chi connectivity index (χ0v) is 10.9. The number of rotatable bonds is 3. The molecule has 1 aromatic rings. The third kappa shape index (κ3) is 2.46. The summed E-state index contributed by atoms with van der Waals surface area (Å²) in [5.41, 5.74) is 5.64. The van der Waals surface area contributed by atoms with Gasteiger partial charge in [-0.2, -0.15) is 0 Å². The second-order valence-electron chi connectivity index (χ2n) is 5.06. The van der Waals surface area contributed by atoms with Gasteiger partial charge in [-0.1, -0.05) is 30.3 Å². The van der Waals surface area contributed by atoms with Crippen molar-refractivity contribution in [1.82, 2.24) is 4.90 Å². The van der Waals surface area contributed by atoms with Gasteiger partial charge in [-0.15, -0.1) is 0 Å². The number of likely N-dealkylation sites (tertiary alicyclic amines) is 1. The minimum atomic E-state index is -1.20. The summed E-state index contributed by atoms with van der Waals surface area (Å²) in [5.74, 6) is -1.29. The van der Waals surface area contributed by atoms with Crippen molar-refractivity contribution in [3.05, 3.63) is 35.9 Å². The molecule has 102 valence electrons. The fraction of sp³-hybridized carbons (Fsp3) is 0.429. The monoisotopic (exact) mass is 262 g/mol. The zero-order valence-electron chi connectivity index (χ0n) is 10.9. The minimum absolute atomic E-state index is 0.330. The van der Waals surface area contributed by atoms with Crippen LogP contribution in [0.25, 0.3) is 0 Å². The van der Waals surface area contributed by atoms with Crippen LogP contribution < -0.4 is 5.73 Å². The molecule has 1 saturated heterocycles. The molecule has 5 nitrogen and oxygen atoms in total. The van der Waals surface area contributed by atoms with Gasteiger partial charge in [-0.3, -0.25) is 4.79 Å². The quantitative estimate of drug-likeness (QED) is 0.849. The fourth-order valence-electron chi connectivity index (χ4n) is 2.47. The van der Waals surface area contributed by atoms with E-state index in [0.717, 1.165) is 0 Å². The van der Waals surface area contributed by atoms with Gasteiger partial charge in [-0.25, -0.2) is 4.79 Å². The zero-order chi connectivity index (χ0) is 14.0. The van der Waals surface area contributed by atoms with Crippen LogP contribution in [0.3, 0.4) is 0 Å². The van der Waals surface area contributed by atoms with E-state index < -0.39 is 17.6 Å². The summed E-state index contributed by atoms with van der Waals surface area (Å²) in [5, 5.41) is 9.13. The number of benzene rings is 1. The Hall–Kier alpha value is -1.88. The van der Waals surface area contributed by atoms with Crippen LogP contribution in [-0.2, 0) is 15.1 Å². The van der Waals surface area contributed by atoms with E-state index in [1.54, 1.807) is 19.1 Å². The summed E-state index contributed by atoms with van der Waals surface area (Å²) < 4.78 is 0. The van der Waals surface area contributed by atoms with Crippen LogP contribution in [0.4, 0.5) is 0 Å². The normalized spacial score (nSPS) is 22.0. The van der Waals surface area contributed by atoms with E-state index >= 15 is 0 Å². The number of aliphatic carboxylic acids is 1. The van der Waals surface area contributed by atoms with Crippen LogP contribution in [0, 0.1) is 0 Å². The molecule has 1 aliphatic rings. The highest BCUT2D eigenvalue weighted by atomic mass is 16.4. The average Bonchev–Trinajstić information content (AvgIpc) is 2.88. The van der Waals surface area contributed by atoms with Crippen molar-refractivity contribution in [2.75, 3.05) is 6.54 Å². The van der Waals surface area contributed by atoms with Crippen LogP contribution in [0.15, 0.2) is 30.3 Å². The molecule has 0 spiro atoms. The Morgan fingerprint density at radius 1 is 1.37 bits per heavy atom. The van der Waals surface area contributed by atoms with Gasteiger partial charge in [0.2, 0.25) is 5.91 Å². The molecule has 0 aliphatic carbocycles. The van der Waals surface area contributed by atoms with Gasteiger partial charge in [0, 0.05) is 6.54 Å².